The lowest BCUT2D eigenvalue weighted by Gasteiger charge is -2.35. The minimum absolute atomic E-state index is 0.279. The molecule has 1 aliphatic carbocycles. The van der Waals surface area contributed by atoms with Crippen molar-refractivity contribution in [1.29, 1.82) is 0 Å². The van der Waals surface area contributed by atoms with Crippen molar-refractivity contribution in [2.75, 3.05) is 13.1 Å². The third kappa shape index (κ3) is 6.08. The topological polar surface area (TPSA) is 64.5 Å². The molecule has 4 heteroatoms. The van der Waals surface area contributed by atoms with Crippen molar-refractivity contribution >= 4 is 0 Å². The minimum atomic E-state index is -0.279. The van der Waals surface area contributed by atoms with Crippen LogP contribution in [0.25, 0.3) is 0 Å². The van der Waals surface area contributed by atoms with Crippen LogP contribution < -0.4 is 10.6 Å². The van der Waals surface area contributed by atoms with E-state index in [0.717, 1.165) is 12.8 Å². The van der Waals surface area contributed by atoms with E-state index in [-0.39, 0.29) is 12.2 Å². The monoisotopic (exact) mass is 286 g/mol. The Morgan fingerprint density at radius 2 is 1.15 bits per heavy atom. The molecule has 4 atom stereocenters. The summed E-state index contributed by atoms with van der Waals surface area (Å²) in [6.45, 7) is 9.49. The summed E-state index contributed by atoms with van der Waals surface area (Å²) >= 11 is 0. The van der Waals surface area contributed by atoms with E-state index in [1.807, 2.05) is 27.7 Å². The summed E-state index contributed by atoms with van der Waals surface area (Å²) in [4.78, 5) is 0. The standard InChI is InChI=1S/C16H34N2O2/c1-11(2)15(19)9-17-13-7-5-6-8-14(13)18-10-16(20)12(3)4/h11-20H,5-10H2,1-4H3/t13-,14-,15+,16+/m1/s1. The number of hydrogen-bond acceptors (Lipinski definition) is 4. The quantitative estimate of drug-likeness (QED) is 0.546. The maximum atomic E-state index is 9.91. The van der Waals surface area contributed by atoms with E-state index in [9.17, 15) is 10.2 Å². The molecule has 0 bridgehead atoms. The van der Waals surface area contributed by atoms with Gasteiger partial charge in [-0.2, -0.15) is 0 Å². The van der Waals surface area contributed by atoms with Gasteiger partial charge in [-0.1, -0.05) is 40.5 Å². The summed E-state index contributed by atoms with van der Waals surface area (Å²) in [5, 5.41) is 26.8. The first-order chi connectivity index (χ1) is 9.41. The molecular formula is C16H34N2O2. The molecule has 120 valence electrons. The van der Waals surface area contributed by atoms with Crippen LogP contribution in [-0.2, 0) is 0 Å². The van der Waals surface area contributed by atoms with Crippen LogP contribution in [0.4, 0.5) is 0 Å². The zero-order valence-corrected chi connectivity index (χ0v) is 13.6. The SMILES string of the molecule is CC(C)[C@@H](O)CN[C@@H]1CCCC[C@H]1NC[C@H](O)C(C)C. The zero-order chi connectivity index (χ0) is 15.1. The predicted molar refractivity (Wildman–Crippen MR) is 83.7 cm³/mol. The van der Waals surface area contributed by atoms with Gasteiger partial charge in [0.2, 0.25) is 0 Å². The van der Waals surface area contributed by atoms with Gasteiger partial charge in [-0.05, 0) is 24.7 Å². The Balaban J connectivity index is 2.37. The van der Waals surface area contributed by atoms with Crippen LogP contribution in [0.5, 0.6) is 0 Å². The Kier molecular flexibility index (Phi) is 8.03. The highest BCUT2D eigenvalue weighted by Crippen LogP contribution is 2.19. The summed E-state index contributed by atoms with van der Waals surface area (Å²) in [7, 11) is 0. The van der Waals surface area contributed by atoms with Crippen LogP contribution in [0.3, 0.4) is 0 Å². The number of nitrogens with one attached hydrogen (secondary N) is 2. The molecule has 0 aromatic carbocycles. The fourth-order valence-corrected chi connectivity index (χ4v) is 2.64. The zero-order valence-electron chi connectivity index (χ0n) is 13.6. The first-order valence-electron chi connectivity index (χ1n) is 8.24. The summed E-state index contributed by atoms with van der Waals surface area (Å²) in [5.74, 6) is 0.584. The van der Waals surface area contributed by atoms with E-state index in [4.69, 9.17) is 0 Å². The van der Waals surface area contributed by atoms with Gasteiger partial charge in [0.05, 0.1) is 12.2 Å². The number of hydrogen-bond donors (Lipinski definition) is 4. The van der Waals surface area contributed by atoms with Crippen molar-refractivity contribution in [2.24, 2.45) is 11.8 Å². The van der Waals surface area contributed by atoms with Gasteiger partial charge in [0.1, 0.15) is 0 Å². The largest absolute Gasteiger partial charge is 0.392 e. The van der Waals surface area contributed by atoms with Gasteiger partial charge >= 0.3 is 0 Å². The van der Waals surface area contributed by atoms with Crippen LogP contribution in [0.1, 0.15) is 53.4 Å². The highest BCUT2D eigenvalue weighted by Gasteiger charge is 2.26. The van der Waals surface area contributed by atoms with Crippen molar-refractivity contribution < 1.29 is 10.2 Å². The van der Waals surface area contributed by atoms with E-state index in [1.165, 1.54) is 12.8 Å². The molecule has 0 heterocycles. The van der Waals surface area contributed by atoms with E-state index in [2.05, 4.69) is 10.6 Å². The Hall–Kier alpha value is -0.160. The fraction of sp³-hybridized carbons (Fsp3) is 1.00. The fourth-order valence-electron chi connectivity index (χ4n) is 2.64. The normalized spacial score (nSPS) is 27.0. The minimum Gasteiger partial charge on any atom is -0.392 e. The third-order valence-corrected chi connectivity index (χ3v) is 4.48. The van der Waals surface area contributed by atoms with Gasteiger partial charge in [0.25, 0.3) is 0 Å². The molecule has 0 saturated heterocycles. The molecule has 0 amide bonds. The molecule has 0 aliphatic heterocycles. The molecule has 0 unspecified atom stereocenters. The first-order valence-corrected chi connectivity index (χ1v) is 8.24. The number of aliphatic hydroxyl groups excluding tert-OH is 2. The summed E-state index contributed by atoms with van der Waals surface area (Å²) < 4.78 is 0. The molecule has 0 spiro atoms. The second kappa shape index (κ2) is 8.98. The molecule has 0 radical (unpaired) electrons. The van der Waals surface area contributed by atoms with Crippen molar-refractivity contribution in [3.05, 3.63) is 0 Å². The van der Waals surface area contributed by atoms with Gasteiger partial charge in [0, 0.05) is 25.2 Å². The van der Waals surface area contributed by atoms with Crippen LogP contribution in [0, 0.1) is 11.8 Å². The molecule has 0 aromatic heterocycles. The van der Waals surface area contributed by atoms with Crippen LogP contribution in [-0.4, -0.2) is 47.6 Å². The van der Waals surface area contributed by atoms with Gasteiger partial charge < -0.3 is 20.8 Å². The van der Waals surface area contributed by atoms with Gasteiger partial charge in [-0.25, -0.2) is 0 Å². The van der Waals surface area contributed by atoms with E-state index in [1.54, 1.807) is 0 Å². The molecule has 4 N–H and O–H groups in total. The molecule has 4 nitrogen and oxygen atoms in total. The van der Waals surface area contributed by atoms with Gasteiger partial charge in [-0.15, -0.1) is 0 Å². The third-order valence-electron chi connectivity index (χ3n) is 4.48. The highest BCUT2D eigenvalue weighted by atomic mass is 16.3. The van der Waals surface area contributed by atoms with Crippen molar-refractivity contribution in [3.63, 3.8) is 0 Å². The summed E-state index contributed by atoms with van der Waals surface area (Å²) in [6, 6.07) is 0.827. The maximum absolute atomic E-state index is 9.91. The van der Waals surface area contributed by atoms with E-state index < -0.39 is 0 Å². The molecule has 0 aromatic rings. The van der Waals surface area contributed by atoms with E-state index in [0.29, 0.717) is 37.0 Å². The molecule has 1 aliphatic rings. The van der Waals surface area contributed by atoms with Crippen LogP contribution in [0.2, 0.25) is 0 Å². The summed E-state index contributed by atoms with van der Waals surface area (Å²) in [5.41, 5.74) is 0. The van der Waals surface area contributed by atoms with Crippen molar-refractivity contribution in [1.82, 2.24) is 10.6 Å². The summed E-state index contributed by atoms with van der Waals surface area (Å²) in [6.07, 6.45) is 4.25. The van der Waals surface area contributed by atoms with E-state index >= 15 is 0 Å². The smallest absolute Gasteiger partial charge is 0.0687 e. The molecular weight excluding hydrogens is 252 g/mol. The van der Waals surface area contributed by atoms with Crippen LogP contribution in [0.15, 0.2) is 0 Å². The highest BCUT2D eigenvalue weighted by molar-refractivity contribution is 4.87. The lowest BCUT2D eigenvalue weighted by molar-refractivity contribution is 0.104. The second-order valence-corrected chi connectivity index (χ2v) is 6.94. The Labute approximate surface area is 124 Å². The lowest BCUT2D eigenvalue weighted by Crippen LogP contribution is -2.53. The number of rotatable bonds is 8. The van der Waals surface area contributed by atoms with Gasteiger partial charge in [-0.3, -0.25) is 0 Å². The Bertz CT molecular complexity index is 233. The van der Waals surface area contributed by atoms with Crippen LogP contribution >= 0.6 is 0 Å². The first kappa shape index (κ1) is 17.9. The molecule has 1 fully saturated rings. The predicted octanol–water partition coefficient (Wildman–Crippen LogP) is 1.51. The van der Waals surface area contributed by atoms with Crippen molar-refractivity contribution in [3.8, 4) is 0 Å². The second-order valence-electron chi connectivity index (χ2n) is 6.94. The molecule has 1 saturated carbocycles. The molecule has 20 heavy (non-hydrogen) atoms. The Morgan fingerprint density at radius 1 is 0.800 bits per heavy atom. The molecule has 1 rings (SSSR count). The van der Waals surface area contributed by atoms with Crippen molar-refractivity contribution in [2.45, 2.75) is 77.7 Å². The lowest BCUT2D eigenvalue weighted by atomic mass is 9.89. The average molecular weight is 286 g/mol. The van der Waals surface area contributed by atoms with Gasteiger partial charge in [0.15, 0.2) is 0 Å². The maximum Gasteiger partial charge on any atom is 0.0687 e. The average Bonchev–Trinajstić information content (AvgIpc) is 2.42. The Morgan fingerprint density at radius 3 is 1.45 bits per heavy atom. The number of aliphatic hydroxyl groups is 2.